The second-order valence-corrected chi connectivity index (χ2v) is 6.16. The smallest absolute Gasteiger partial charge is 0.306 e. The largest absolute Gasteiger partial charge is 0.491 e. The summed E-state index contributed by atoms with van der Waals surface area (Å²) in [4.78, 5) is 11.9. The van der Waals surface area contributed by atoms with Crippen molar-refractivity contribution in [3.05, 3.63) is 29.8 Å². The zero-order valence-corrected chi connectivity index (χ0v) is 13.0. The Kier molecular flexibility index (Phi) is 5.33. The van der Waals surface area contributed by atoms with Gasteiger partial charge in [-0.3, -0.25) is 4.79 Å². The number of ether oxygens (including phenoxy) is 3. The van der Waals surface area contributed by atoms with Crippen molar-refractivity contribution >= 4 is 5.97 Å². The lowest BCUT2D eigenvalue weighted by atomic mass is 9.98. The van der Waals surface area contributed by atoms with E-state index in [2.05, 4.69) is 0 Å². The van der Waals surface area contributed by atoms with E-state index in [0.29, 0.717) is 13.0 Å². The van der Waals surface area contributed by atoms with Gasteiger partial charge in [0, 0.05) is 6.42 Å². The maximum Gasteiger partial charge on any atom is 0.306 e. The summed E-state index contributed by atoms with van der Waals surface area (Å²) < 4.78 is 16.2. The minimum Gasteiger partial charge on any atom is -0.491 e. The molecule has 1 aliphatic heterocycles. The number of esters is 1. The second-order valence-electron chi connectivity index (χ2n) is 6.16. The Balaban J connectivity index is 1.37. The molecule has 1 aliphatic carbocycles. The van der Waals surface area contributed by atoms with E-state index in [0.717, 1.165) is 37.2 Å². The number of benzene rings is 1. The van der Waals surface area contributed by atoms with Crippen LogP contribution in [-0.2, 0) is 20.7 Å². The Morgan fingerprint density at radius 1 is 1.14 bits per heavy atom. The van der Waals surface area contributed by atoms with Crippen LogP contribution < -0.4 is 4.74 Å². The quantitative estimate of drug-likeness (QED) is 0.573. The van der Waals surface area contributed by atoms with Gasteiger partial charge in [-0.25, -0.2) is 0 Å². The summed E-state index contributed by atoms with van der Waals surface area (Å²) in [5.41, 5.74) is 1.13. The first-order valence-electron chi connectivity index (χ1n) is 8.32. The minimum absolute atomic E-state index is 0.0712. The lowest BCUT2D eigenvalue weighted by molar-refractivity contribution is -0.150. The highest BCUT2D eigenvalue weighted by Crippen LogP contribution is 2.21. The summed E-state index contributed by atoms with van der Waals surface area (Å²) in [6.45, 7) is 1.42. The molecule has 0 aromatic heterocycles. The minimum atomic E-state index is -0.0712. The van der Waals surface area contributed by atoms with Gasteiger partial charge in [0.2, 0.25) is 0 Å². The van der Waals surface area contributed by atoms with Crippen LogP contribution in [0.2, 0.25) is 0 Å². The molecule has 22 heavy (non-hydrogen) atoms. The van der Waals surface area contributed by atoms with E-state index in [1.807, 2.05) is 24.3 Å². The summed E-state index contributed by atoms with van der Waals surface area (Å²) in [5.74, 6) is 0.780. The molecule has 4 nitrogen and oxygen atoms in total. The second kappa shape index (κ2) is 7.63. The van der Waals surface area contributed by atoms with Gasteiger partial charge in [0.15, 0.2) is 0 Å². The zero-order chi connectivity index (χ0) is 15.2. The van der Waals surface area contributed by atoms with Crippen LogP contribution in [0.25, 0.3) is 0 Å². The first-order chi connectivity index (χ1) is 10.8. The SMILES string of the molecule is O=C(CCc1ccc(OCC2CO2)cc1)OC1CCCCC1. The van der Waals surface area contributed by atoms with Gasteiger partial charge in [-0.15, -0.1) is 0 Å². The Morgan fingerprint density at radius 2 is 1.86 bits per heavy atom. The van der Waals surface area contributed by atoms with Crippen molar-refractivity contribution < 1.29 is 19.0 Å². The van der Waals surface area contributed by atoms with Crippen molar-refractivity contribution in [2.45, 2.75) is 57.2 Å². The summed E-state index contributed by atoms with van der Waals surface area (Å²) in [6.07, 6.45) is 7.30. The number of hydrogen-bond donors (Lipinski definition) is 0. The first-order valence-corrected chi connectivity index (χ1v) is 8.32. The Labute approximate surface area is 131 Å². The van der Waals surface area contributed by atoms with Crippen molar-refractivity contribution in [2.24, 2.45) is 0 Å². The Morgan fingerprint density at radius 3 is 2.55 bits per heavy atom. The van der Waals surface area contributed by atoms with Crippen LogP contribution in [0.15, 0.2) is 24.3 Å². The average Bonchev–Trinajstić information content (AvgIpc) is 3.37. The molecule has 1 aromatic carbocycles. The average molecular weight is 304 g/mol. The fraction of sp³-hybridized carbons (Fsp3) is 0.611. The van der Waals surface area contributed by atoms with Gasteiger partial charge in [-0.1, -0.05) is 18.6 Å². The molecule has 1 saturated carbocycles. The van der Waals surface area contributed by atoms with E-state index >= 15 is 0 Å². The fourth-order valence-electron chi connectivity index (χ4n) is 2.78. The van der Waals surface area contributed by atoms with E-state index in [-0.39, 0.29) is 18.2 Å². The Bertz CT molecular complexity index is 472. The van der Waals surface area contributed by atoms with Crippen LogP contribution in [0.5, 0.6) is 5.75 Å². The molecular weight excluding hydrogens is 280 g/mol. The number of rotatable bonds is 7. The summed E-state index contributed by atoms with van der Waals surface area (Å²) >= 11 is 0. The zero-order valence-electron chi connectivity index (χ0n) is 13.0. The van der Waals surface area contributed by atoms with Crippen molar-refractivity contribution in [1.29, 1.82) is 0 Å². The number of aryl methyl sites for hydroxylation is 1. The molecular formula is C18H24O4. The summed E-state index contributed by atoms with van der Waals surface area (Å²) in [5, 5.41) is 0. The molecule has 1 heterocycles. The molecule has 2 fully saturated rings. The molecule has 0 radical (unpaired) electrons. The van der Waals surface area contributed by atoms with Crippen LogP contribution in [-0.4, -0.2) is 31.4 Å². The van der Waals surface area contributed by atoms with Crippen LogP contribution >= 0.6 is 0 Å². The van der Waals surface area contributed by atoms with Crippen LogP contribution in [0.3, 0.4) is 0 Å². The van der Waals surface area contributed by atoms with Gasteiger partial charge in [-0.05, 0) is 49.8 Å². The van der Waals surface area contributed by atoms with Crippen LogP contribution in [0.1, 0.15) is 44.1 Å². The van der Waals surface area contributed by atoms with Gasteiger partial charge < -0.3 is 14.2 Å². The lowest BCUT2D eigenvalue weighted by Crippen LogP contribution is -2.21. The molecule has 2 aliphatic rings. The molecule has 1 atom stereocenters. The van der Waals surface area contributed by atoms with E-state index in [9.17, 15) is 4.79 Å². The van der Waals surface area contributed by atoms with E-state index in [1.54, 1.807) is 0 Å². The molecule has 1 saturated heterocycles. The van der Waals surface area contributed by atoms with Gasteiger partial charge in [-0.2, -0.15) is 0 Å². The van der Waals surface area contributed by atoms with Crippen molar-refractivity contribution in [2.75, 3.05) is 13.2 Å². The van der Waals surface area contributed by atoms with Gasteiger partial charge in [0.05, 0.1) is 6.61 Å². The first kappa shape index (κ1) is 15.3. The molecule has 0 amide bonds. The van der Waals surface area contributed by atoms with E-state index in [4.69, 9.17) is 14.2 Å². The van der Waals surface area contributed by atoms with Gasteiger partial charge in [0.1, 0.15) is 24.6 Å². The van der Waals surface area contributed by atoms with Crippen molar-refractivity contribution in [3.8, 4) is 5.75 Å². The van der Waals surface area contributed by atoms with Gasteiger partial charge in [0.25, 0.3) is 0 Å². The number of carbonyl (C=O) groups is 1. The molecule has 0 N–H and O–H groups in total. The lowest BCUT2D eigenvalue weighted by Gasteiger charge is -2.21. The summed E-state index contributed by atoms with van der Waals surface area (Å²) in [6, 6.07) is 7.92. The topological polar surface area (TPSA) is 48.1 Å². The third kappa shape index (κ3) is 5.02. The molecule has 3 rings (SSSR count). The molecule has 1 unspecified atom stereocenters. The molecule has 4 heteroatoms. The van der Waals surface area contributed by atoms with Gasteiger partial charge >= 0.3 is 5.97 Å². The molecule has 120 valence electrons. The highest BCUT2D eigenvalue weighted by molar-refractivity contribution is 5.70. The summed E-state index contributed by atoms with van der Waals surface area (Å²) in [7, 11) is 0. The molecule has 0 spiro atoms. The maximum atomic E-state index is 11.9. The van der Waals surface area contributed by atoms with E-state index in [1.165, 1.54) is 19.3 Å². The maximum absolute atomic E-state index is 11.9. The predicted molar refractivity (Wildman–Crippen MR) is 83.0 cm³/mol. The monoisotopic (exact) mass is 304 g/mol. The number of hydrogen-bond acceptors (Lipinski definition) is 4. The van der Waals surface area contributed by atoms with Crippen LogP contribution in [0.4, 0.5) is 0 Å². The molecule has 1 aromatic rings. The standard InChI is InChI=1S/C18H24O4/c19-18(22-16-4-2-1-3-5-16)11-8-14-6-9-15(10-7-14)20-12-17-13-21-17/h6-7,9-10,16-17H,1-5,8,11-13H2. The highest BCUT2D eigenvalue weighted by atomic mass is 16.6. The predicted octanol–water partition coefficient (Wildman–Crippen LogP) is 3.27. The molecule has 0 bridgehead atoms. The third-order valence-electron chi connectivity index (χ3n) is 4.23. The number of carbonyl (C=O) groups excluding carboxylic acids is 1. The Hall–Kier alpha value is -1.55. The number of epoxide rings is 1. The van der Waals surface area contributed by atoms with Crippen molar-refractivity contribution in [1.82, 2.24) is 0 Å². The highest BCUT2D eigenvalue weighted by Gasteiger charge is 2.23. The van der Waals surface area contributed by atoms with E-state index < -0.39 is 0 Å². The van der Waals surface area contributed by atoms with Crippen molar-refractivity contribution in [3.63, 3.8) is 0 Å². The fourth-order valence-corrected chi connectivity index (χ4v) is 2.78. The van der Waals surface area contributed by atoms with Crippen LogP contribution in [0, 0.1) is 0 Å². The normalized spacial score (nSPS) is 21.4. The third-order valence-corrected chi connectivity index (χ3v) is 4.23.